The second kappa shape index (κ2) is 8.20. The van der Waals surface area contributed by atoms with Gasteiger partial charge in [-0.3, -0.25) is 4.79 Å². The van der Waals surface area contributed by atoms with E-state index in [4.69, 9.17) is 0 Å². The van der Waals surface area contributed by atoms with E-state index in [-0.39, 0.29) is 16.7 Å². The van der Waals surface area contributed by atoms with Gasteiger partial charge in [-0.2, -0.15) is 0 Å². The van der Waals surface area contributed by atoms with Gasteiger partial charge in [0.05, 0.1) is 5.75 Å². The van der Waals surface area contributed by atoms with Crippen molar-refractivity contribution in [1.29, 1.82) is 0 Å². The van der Waals surface area contributed by atoms with Crippen molar-refractivity contribution in [3.63, 3.8) is 0 Å². The molecule has 2 rings (SSSR count). The largest absolute Gasteiger partial charge is 0.507 e. The van der Waals surface area contributed by atoms with Crippen LogP contribution in [0.15, 0.2) is 35.2 Å². The molecule has 0 aromatic heterocycles. The molecule has 2 aromatic rings. The molecule has 0 spiro atoms. The Hall–Kier alpha value is -1.94. The van der Waals surface area contributed by atoms with Gasteiger partial charge in [0, 0.05) is 21.7 Å². The van der Waals surface area contributed by atoms with Crippen LogP contribution >= 0.6 is 11.8 Å². The number of thioether (sulfide) groups is 1. The number of benzene rings is 2. The van der Waals surface area contributed by atoms with Crippen LogP contribution in [0.2, 0.25) is 0 Å². The lowest BCUT2D eigenvalue weighted by molar-refractivity contribution is -0.113. The van der Waals surface area contributed by atoms with Gasteiger partial charge in [0.1, 0.15) is 5.75 Å². The Labute approximate surface area is 173 Å². The van der Waals surface area contributed by atoms with Gasteiger partial charge in [-0.05, 0) is 54.0 Å². The van der Waals surface area contributed by atoms with Gasteiger partial charge in [-0.1, -0.05) is 53.7 Å². The monoisotopic (exact) mass is 399 g/mol. The van der Waals surface area contributed by atoms with Crippen LogP contribution in [-0.4, -0.2) is 16.8 Å². The molecule has 0 radical (unpaired) electrons. The minimum absolute atomic E-state index is 0.0265. The molecule has 2 aromatic carbocycles. The third-order valence-corrected chi connectivity index (χ3v) is 5.92. The average molecular weight is 400 g/mol. The predicted molar refractivity (Wildman–Crippen MR) is 121 cm³/mol. The van der Waals surface area contributed by atoms with E-state index in [1.54, 1.807) is 0 Å². The highest BCUT2D eigenvalue weighted by Crippen LogP contribution is 2.41. The molecule has 4 heteroatoms. The molecule has 28 heavy (non-hydrogen) atoms. The Bertz CT molecular complexity index is 838. The number of hydrogen-bond donors (Lipinski definition) is 2. The number of phenolic OH excluding ortho intramolecular Hbond substituents is 1. The highest BCUT2D eigenvalue weighted by atomic mass is 32.2. The lowest BCUT2D eigenvalue weighted by atomic mass is 9.79. The number of aryl methyl sites for hydroxylation is 1. The zero-order chi connectivity index (χ0) is 21.3. The number of phenols is 1. The summed E-state index contributed by atoms with van der Waals surface area (Å²) in [6.45, 7) is 16.6. The van der Waals surface area contributed by atoms with E-state index >= 15 is 0 Å². The summed E-state index contributed by atoms with van der Waals surface area (Å²) in [5.41, 5.74) is 4.59. The molecule has 0 saturated carbocycles. The van der Waals surface area contributed by atoms with Crippen molar-refractivity contribution in [2.75, 3.05) is 11.1 Å². The average Bonchev–Trinajstić information content (AvgIpc) is 2.56. The molecule has 0 aliphatic heterocycles. The molecule has 1 amide bonds. The molecular formula is C24H33NO2S. The Morgan fingerprint density at radius 3 is 2.04 bits per heavy atom. The topological polar surface area (TPSA) is 49.3 Å². The molecule has 0 heterocycles. The van der Waals surface area contributed by atoms with Crippen LogP contribution in [0.25, 0.3) is 0 Å². The Balaban J connectivity index is 2.24. The van der Waals surface area contributed by atoms with Crippen molar-refractivity contribution in [3.8, 4) is 5.75 Å². The highest BCUT2D eigenvalue weighted by Gasteiger charge is 2.26. The molecular weight excluding hydrogens is 366 g/mol. The maximum atomic E-state index is 12.5. The molecule has 3 nitrogen and oxygen atoms in total. The standard InChI is InChI=1S/C24H33NO2S/c1-15-10-9-11-20(16(15)2)25-21(26)14-28-17-12-18(23(3,4)5)22(27)19(13-17)24(6,7)8/h9-13,27H,14H2,1-8H3,(H,25,26). The Kier molecular flexibility index (Phi) is 6.55. The number of nitrogens with one attached hydrogen (secondary N) is 1. The zero-order valence-corrected chi connectivity index (χ0v) is 19.2. The summed E-state index contributed by atoms with van der Waals surface area (Å²) in [5.74, 6) is 0.663. The number of rotatable bonds is 4. The molecule has 0 atom stereocenters. The fourth-order valence-corrected chi connectivity index (χ4v) is 3.83. The smallest absolute Gasteiger partial charge is 0.234 e. The van der Waals surface area contributed by atoms with Crippen LogP contribution in [0.4, 0.5) is 5.69 Å². The molecule has 2 N–H and O–H groups in total. The summed E-state index contributed by atoms with van der Waals surface area (Å²) < 4.78 is 0. The van der Waals surface area contributed by atoms with Crippen molar-refractivity contribution >= 4 is 23.4 Å². The van der Waals surface area contributed by atoms with E-state index in [1.807, 2.05) is 44.2 Å². The molecule has 0 unspecified atom stereocenters. The summed E-state index contributed by atoms with van der Waals surface area (Å²) in [7, 11) is 0. The molecule has 152 valence electrons. The van der Waals surface area contributed by atoms with Crippen LogP contribution in [-0.2, 0) is 15.6 Å². The number of carbonyl (C=O) groups excluding carboxylic acids is 1. The zero-order valence-electron chi connectivity index (χ0n) is 18.4. The number of aromatic hydroxyl groups is 1. The number of anilines is 1. The fourth-order valence-electron chi connectivity index (χ4n) is 3.06. The summed E-state index contributed by atoms with van der Waals surface area (Å²) in [6, 6.07) is 9.95. The van der Waals surface area contributed by atoms with Crippen LogP contribution < -0.4 is 5.32 Å². The van der Waals surface area contributed by atoms with E-state index in [9.17, 15) is 9.90 Å². The highest BCUT2D eigenvalue weighted by molar-refractivity contribution is 8.00. The summed E-state index contributed by atoms with van der Waals surface area (Å²) in [6.07, 6.45) is 0. The second-order valence-electron chi connectivity index (χ2n) is 9.45. The summed E-state index contributed by atoms with van der Waals surface area (Å²) in [4.78, 5) is 13.5. The van der Waals surface area contributed by atoms with Gasteiger partial charge in [-0.15, -0.1) is 11.8 Å². The van der Waals surface area contributed by atoms with Crippen molar-refractivity contribution < 1.29 is 9.90 Å². The first-order chi connectivity index (χ1) is 12.8. The lowest BCUT2D eigenvalue weighted by Crippen LogP contribution is -2.18. The van der Waals surface area contributed by atoms with Gasteiger partial charge in [-0.25, -0.2) is 0 Å². The van der Waals surface area contributed by atoms with Gasteiger partial charge in [0.2, 0.25) is 5.91 Å². The molecule has 0 saturated heterocycles. The van der Waals surface area contributed by atoms with Crippen molar-refractivity contribution in [2.24, 2.45) is 0 Å². The van der Waals surface area contributed by atoms with Crippen LogP contribution in [0.5, 0.6) is 5.75 Å². The maximum absolute atomic E-state index is 12.5. The first-order valence-corrected chi connectivity index (χ1v) is 10.7. The van der Waals surface area contributed by atoms with Crippen molar-refractivity contribution in [1.82, 2.24) is 0 Å². The Morgan fingerprint density at radius 2 is 1.54 bits per heavy atom. The molecule has 0 bridgehead atoms. The molecule has 0 aliphatic rings. The van der Waals surface area contributed by atoms with E-state index in [2.05, 4.69) is 46.9 Å². The third-order valence-electron chi connectivity index (χ3n) is 4.95. The molecule has 0 aliphatic carbocycles. The van der Waals surface area contributed by atoms with E-state index in [0.717, 1.165) is 32.8 Å². The summed E-state index contributed by atoms with van der Waals surface area (Å²) >= 11 is 1.50. The van der Waals surface area contributed by atoms with Gasteiger partial charge in [0.25, 0.3) is 0 Å². The number of carbonyl (C=O) groups is 1. The Morgan fingerprint density at radius 1 is 1.00 bits per heavy atom. The number of amides is 1. The maximum Gasteiger partial charge on any atom is 0.234 e. The predicted octanol–water partition coefficient (Wildman–Crippen LogP) is 6.33. The quantitative estimate of drug-likeness (QED) is 0.590. The SMILES string of the molecule is Cc1cccc(NC(=O)CSc2cc(C(C)(C)C)c(O)c(C(C)(C)C)c2)c1C. The minimum Gasteiger partial charge on any atom is -0.507 e. The summed E-state index contributed by atoms with van der Waals surface area (Å²) in [5, 5.41) is 13.8. The minimum atomic E-state index is -0.179. The first kappa shape index (κ1) is 22.4. The normalized spacial score (nSPS) is 12.1. The van der Waals surface area contributed by atoms with E-state index in [1.165, 1.54) is 11.8 Å². The van der Waals surface area contributed by atoms with Gasteiger partial charge >= 0.3 is 0 Å². The van der Waals surface area contributed by atoms with Crippen LogP contribution in [0.1, 0.15) is 63.8 Å². The van der Waals surface area contributed by atoms with Crippen molar-refractivity contribution in [2.45, 2.75) is 71.1 Å². The van der Waals surface area contributed by atoms with Crippen LogP contribution in [0.3, 0.4) is 0 Å². The van der Waals surface area contributed by atoms with Gasteiger partial charge in [0.15, 0.2) is 0 Å². The van der Waals surface area contributed by atoms with E-state index in [0.29, 0.717) is 11.5 Å². The van der Waals surface area contributed by atoms with Crippen LogP contribution in [0, 0.1) is 13.8 Å². The first-order valence-electron chi connectivity index (χ1n) is 9.67. The molecule has 0 fully saturated rings. The van der Waals surface area contributed by atoms with E-state index < -0.39 is 0 Å². The second-order valence-corrected chi connectivity index (χ2v) is 10.5. The van der Waals surface area contributed by atoms with Gasteiger partial charge < -0.3 is 10.4 Å². The fraction of sp³-hybridized carbons (Fsp3) is 0.458. The van der Waals surface area contributed by atoms with Crippen molar-refractivity contribution in [3.05, 3.63) is 52.6 Å². The number of hydrogen-bond acceptors (Lipinski definition) is 3. The third kappa shape index (κ3) is 5.32. The lowest BCUT2D eigenvalue weighted by Gasteiger charge is -2.28.